The predicted octanol–water partition coefficient (Wildman–Crippen LogP) is 2.73. The molecule has 4 heteroatoms. The highest BCUT2D eigenvalue weighted by Gasteiger charge is 2.09. The normalized spacial score (nSPS) is 10.0. The van der Waals surface area contributed by atoms with Crippen molar-refractivity contribution in [2.75, 3.05) is 20.0 Å². The molecule has 0 aliphatic heterocycles. The number of nitrogen functional groups attached to an aromatic ring is 1. The van der Waals surface area contributed by atoms with Crippen LogP contribution in [-0.2, 0) is 4.74 Å². The molecular weight excluding hydrogens is 242 g/mol. The van der Waals surface area contributed by atoms with Crippen molar-refractivity contribution in [2.45, 2.75) is 0 Å². The van der Waals surface area contributed by atoms with E-state index in [0.717, 1.165) is 16.9 Å². The molecule has 2 aromatic rings. The Hall–Kier alpha value is -2.49. The second kappa shape index (κ2) is 5.44. The lowest BCUT2D eigenvalue weighted by Crippen LogP contribution is -2.02. The molecule has 0 bridgehead atoms. The minimum absolute atomic E-state index is 0.380. The standard InChI is InChI=1S/C15H15NO3/c1-18-12-6-3-10(4-7-12)13-9-11(15(17)19-2)5-8-14(13)16/h3-9H,16H2,1-2H3. The highest BCUT2D eigenvalue weighted by atomic mass is 16.5. The topological polar surface area (TPSA) is 61.5 Å². The van der Waals surface area contributed by atoms with E-state index in [1.54, 1.807) is 25.3 Å². The molecule has 2 aromatic carbocycles. The van der Waals surface area contributed by atoms with Gasteiger partial charge in [0, 0.05) is 11.3 Å². The minimum Gasteiger partial charge on any atom is -0.497 e. The van der Waals surface area contributed by atoms with E-state index in [2.05, 4.69) is 0 Å². The van der Waals surface area contributed by atoms with Gasteiger partial charge >= 0.3 is 5.97 Å². The quantitative estimate of drug-likeness (QED) is 0.678. The fourth-order valence-corrected chi connectivity index (χ4v) is 1.82. The van der Waals surface area contributed by atoms with Gasteiger partial charge in [0.1, 0.15) is 5.75 Å². The van der Waals surface area contributed by atoms with Crippen LogP contribution in [0.3, 0.4) is 0 Å². The average molecular weight is 257 g/mol. The lowest BCUT2D eigenvalue weighted by Gasteiger charge is -2.09. The number of methoxy groups -OCH3 is 2. The summed E-state index contributed by atoms with van der Waals surface area (Å²) in [4.78, 5) is 11.5. The van der Waals surface area contributed by atoms with Gasteiger partial charge in [0.05, 0.1) is 19.8 Å². The number of ether oxygens (including phenoxy) is 2. The maximum absolute atomic E-state index is 11.5. The third kappa shape index (κ3) is 2.68. The molecule has 0 saturated carbocycles. The van der Waals surface area contributed by atoms with Gasteiger partial charge in [-0.2, -0.15) is 0 Å². The molecule has 0 saturated heterocycles. The number of carbonyl (C=O) groups is 1. The van der Waals surface area contributed by atoms with E-state index < -0.39 is 0 Å². The van der Waals surface area contributed by atoms with Crippen LogP contribution in [0.15, 0.2) is 42.5 Å². The van der Waals surface area contributed by atoms with Crippen LogP contribution in [0.2, 0.25) is 0 Å². The molecule has 4 nitrogen and oxygen atoms in total. The van der Waals surface area contributed by atoms with Gasteiger partial charge in [-0.15, -0.1) is 0 Å². The van der Waals surface area contributed by atoms with E-state index in [1.807, 2.05) is 24.3 Å². The van der Waals surface area contributed by atoms with Crippen molar-refractivity contribution < 1.29 is 14.3 Å². The summed E-state index contributed by atoms with van der Waals surface area (Å²) in [5.41, 5.74) is 8.75. The number of rotatable bonds is 3. The van der Waals surface area contributed by atoms with Crippen LogP contribution >= 0.6 is 0 Å². The Balaban J connectivity index is 2.44. The zero-order valence-corrected chi connectivity index (χ0v) is 10.8. The number of hydrogen-bond donors (Lipinski definition) is 1. The number of hydrogen-bond acceptors (Lipinski definition) is 4. The zero-order chi connectivity index (χ0) is 13.8. The van der Waals surface area contributed by atoms with Crippen molar-refractivity contribution >= 4 is 11.7 Å². The van der Waals surface area contributed by atoms with Gasteiger partial charge in [0.2, 0.25) is 0 Å². The van der Waals surface area contributed by atoms with Crippen LogP contribution < -0.4 is 10.5 Å². The molecule has 0 spiro atoms. The molecule has 0 aromatic heterocycles. The Labute approximate surface area is 111 Å². The van der Waals surface area contributed by atoms with Crippen LogP contribution in [0, 0.1) is 0 Å². The summed E-state index contributed by atoms with van der Waals surface area (Å²) >= 11 is 0. The second-order valence-corrected chi connectivity index (χ2v) is 4.02. The van der Waals surface area contributed by atoms with Crippen molar-refractivity contribution in [2.24, 2.45) is 0 Å². The number of esters is 1. The summed E-state index contributed by atoms with van der Waals surface area (Å²) in [5, 5.41) is 0. The first kappa shape index (κ1) is 13.0. The van der Waals surface area contributed by atoms with Gasteiger partial charge in [-0.05, 0) is 35.9 Å². The molecule has 0 atom stereocenters. The van der Waals surface area contributed by atoms with Crippen LogP contribution in [0.25, 0.3) is 11.1 Å². The largest absolute Gasteiger partial charge is 0.497 e. The van der Waals surface area contributed by atoms with Crippen molar-refractivity contribution in [1.29, 1.82) is 0 Å². The van der Waals surface area contributed by atoms with Gasteiger partial charge in [-0.25, -0.2) is 4.79 Å². The summed E-state index contributed by atoms with van der Waals surface area (Å²) in [6, 6.07) is 12.6. The summed E-state index contributed by atoms with van der Waals surface area (Å²) < 4.78 is 9.81. The molecule has 0 heterocycles. The third-order valence-electron chi connectivity index (χ3n) is 2.88. The molecule has 0 aliphatic rings. The van der Waals surface area contributed by atoms with Crippen molar-refractivity contribution in [3.05, 3.63) is 48.0 Å². The number of carbonyl (C=O) groups excluding carboxylic acids is 1. The van der Waals surface area contributed by atoms with E-state index in [-0.39, 0.29) is 5.97 Å². The molecular formula is C15H15NO3. The van der Waals surface area contributed by atoms with Crippen LogP contribution in [0.1, 0.15) is 10.4 Å². The zero-order valence-electron chi connectivity index (χ0n) is 10.8. The minimum atomic E-state index is -0.380. The Bertz CT molecular complexity index is 591. The summed E-state index contributed by atoms with van der Waals surface area (Å²) in [6.45, 7) is 0. The highest BCUT2D eigenvalue weighted by molar-refractivity contribution is 5.93. The van der Waals surface area contributed by atoms with Crippen LogP contribution in [0.4, 0.5) is 5.69 Å². The maximum atomic E-state index is 11.5. The predicted molar refractivity (Wildman–Crippen MR) is 74.2 cm³/mol. The van der Waals surface area contributed by atoms with Crippen molar-refractivity contribution in [3.63, 3.8) is 0 Å². The fraction of sp³-hybridized carbons (Fsp3) is 0.133. The summed E-state index contributed by atoms with van der Waals surface area (Å²) in [6.07, 6.45) is 0. The monoisotopic (exact) mass is 257 g/mol. The first-order valence-electron chi connectivity index (χ1n) is 5.78. The van der Waals surface area contributed by atoms with Crippen molar-refractivity contribution in [1.82, 2.24) is 0 Å². The van der Waals surface area contributed by atoms with E-state index >= 15 is 0 Å². The highest BCUT2D eigenvalue weighted by Crippen LogP contribution is 2.28. The molecule has 0 radical (unpaired) electrons. The van der Waals surface area contributed by atoms with Crippen LogP contribution in [0.5, 0.6) is 5.75 Å². The fourth-order valence-electron chi connectivity index (χ4n) is 1.82. The molecule has 2 N–H and O–H groups in total. The third-order valence-corrected chi connectivity index (χ3v) is 2.88. The Morgan fingerprint density at radius 1 is 1.05 bits per heavy atom. The Morgan fingerprint density at radius 3 is 2.32 bits per heavy atom. The van der Waals surface area contributed by atoms with Gasteiger partial charge in [-0.3, -0.25) is 0 Å². The summed E-state index contributed by atoms with van der Waals surface area (Å²) in [5.74, 6) is 0.390. The first-order chi connectivity index (χ1) is 9.15. The molecule has 0 fully saturated rings. The summed E-state index contributed by atoms with van der Waals surface area (Å²) in [7, 11) is 2.97. The number of nitrogens with two attached hydrogens (primary N) is 1. The van der Waals surface area contributed by atoms with Crippen LogP contribution in [-0.4, -0.2) is 20.2 Å². The average Bonchev–Trinajstić information content (AvgIpc) is 2.47. The maximum Gasteiger partial charge on any atom is 0.337 e. The number of benzene rings is 2. The van der Waals surface area contributed by atoms with Gasteiger partial charge in [0.15, 0.2) is 0 Å². The van der Waals surface area contributed by atoms with E-state index in [4.69, 9.17) is 15.2 Å². The Morgan fingerprint density at radius 2 is 1.74 bits per heavy atom. The number of anilines is 1. The molecule has 2 rings (SSSR count). The van der Waals surface area contributed by atoms with Gasteiger partial charge < -0.3 is 15.2 Å². The van der Waals surface area contributed by atoms with Crippen molar-refractivity contribution in [3.8, 4) is 16.9 Å². The lowest BCUT2D eigenvalue weighted by atomic mass is 10.0. The smallest absolute Gasteiger partial charge is 0.337 e. The molecule has 0 aliphatic carbocycles. The van der Waals surface area contributed by atoms with E-state index in [9.17, 15) is 4.79 Å². The van der Waals surface area contributed by atoms with Gasteiger partial charge in [-0.1, -0.05) is 12.1 Å². The molecule has 0 unspecified atom stereocenters. The van der Waals surface area contributed by atoms with E-state index in [0.29, 0.717) is 11.3 Å². The molecule has 19 heavy (non-hydrogen) atoms. The van der Waals surface area contributed by atoms with E-state index in [1.165, 1.54) is 7.11 Å². The van der Waals surface area contributed by atoms with Gasteiger partial charge in [0.25, 0.3) is 0 Å². The molecule has 98 valence electrons. The lowest BCUT2D eigenvalue weighted by molar-refractivity contribution is 0.0601. The second-order valence-electron chi connectivity index (χ2n) is 4.02. The first-order valence-corrected chi connectivity index (χ1v) is 5.78. The molecule has 0 amide bonds. The SMILES string of the molecule is COC(=O)c1ccc(N)c(-c2ccc(OC)cc2)c1. The Kier molecular flexibility index (Phi) is 3.71.